The molecule has 0 aliphatic carbocycles. The lowest BCUT2D eigenvalue weighted by Crippen LogP contribution is -2.60. The number of rotatable bonds is 7. The van der Waals surface area contributed by atoms with Crippen molar-refractivity contribution in [3.05, 3.63) is 29.8 Å². The van der Waals surface area contributed by atoms with Gasteiger partial charge in [0.1, 0.15) is 17.8 Å². The number of amides is 3. The third kappa shape index (κ3) is 6.74. The average molecular weight is 405 g/mol. The van der Waals surface area contributed by atoms with E-state index in [0.29, 0.717) is 6.54 Å². The average Bonchev–Trinajstić information content (AvgIpc) is 2.64. The van der Waals surface area contributed by atoms with Crippen LogP contribution in [0.2, 0.25) is 0 Å². The number of phenolic OH excluding ortho intramolecular Hbond substituents is 1. The Labute approximate surface area is 172 Å². The topological polar surface area (TPSA) is 111 Å². The molecule has 1 aliphatic heterocycles. The largest absolute Gasteiger partial charge is 0.508 e. The summed E-state index contributed by atoms with van der Waals surface area (Å²) in [7, 11) is 0. The minimum absolute atomic E-state index is 0.100. The Morgan fingerprint density at radius 3 is 2.59 bits per heavy atom. The summed E-state index contributed by atoms with van der Waals surface area (Å²) in [4.78, 5) is 37.5. The molecular weight excluding hydrogens is 372 g/mol. The van der Waals surface area contributed by atoms with Crippen LogP contribution in [0.4, 0.5) is 0 Å². The maximum Gasteiger partial charge on any atom is 0.259 e. The van der Waals surface area contributed by atoms with Crippen LogP contribution < -0.4 is 16.1 Å². The van der Waals surface area contributed by atoms with E-state index in [4.69, 9.17) is 0 Å². The minimum Gasteiger partial charge on any atom is -0.508 e. The first-order valence-electron chi connectivity index (χ1n) is 10.1. The van der Waals surface area contributed by atoms with Crippen molar-refractivity contribution in [2.75, 3.05) is 6.54 Å². The summed E-state index contributed by atoms with van der Waals surface area (Å²) in [5.74, 6) is -0.981. The van der Waals surface area contributed by atoms with Crippen molar-refractivity contribution >= 4 is 17.7 Å². The summed E-state index contributed by atoms with van der Waals surface area (Å²) in [6.45, 7) is 7.60. The summed E-state index contributed by atoms with van der Waals surface area (Å²) >= 11 is 0. The molecule has 1 aromatic rings. The van der Waals surface area contributed by atoms with Gasteiger partial charge in [-0.25, -0.2) is 5.43 Å². The number of hydrogen-bond acceptors (Lipinski definition) is 5. The summed E-state index contributed by atoms with van der Waals surface area (Å²) in [5.41, 5.74) is 3.90. The van der Waals surface area contributed by atoms with Crippen LogP contribution in [0, 0.1) is 5.92 Å². The van der Waals surface area contributed by atoms with Crippen molar-refractivity contribution in [2.45, 2.75) is 65.1 Å². The van der Waals surface area contributed by atoms with Gasteiger partial charge in [0.25, 0.3) is 5.91 Å². The number of carbonyl (C=O) groups is 3. The molecule has 1 aromatic carbocycles. The predicted octanol–water partition coefficient (Wildman–Crippen LogP) is 1.10. The number of nitrogens with zero attached hydrogens (tertiary/aromatic N) is 1. The highest BCUT2D eigenvalue weighted by atomic mass is 16.3. The van der Waals surface area contributed by atoms with Crippen LogP contribution in [0.3, 0.4) is 0 Å². The standard InChI is InChI=1S/C21H32N4O4/c1-13(2)19(22-15(4)26)20(28)23-18(12-16-8-5-9-17(27)11-16)21(29)25-10-6-7-14(3)24-25/h5,8-9,11,13-14,18-19,24,27H,6-7,10,12H2,1-4H3,(H,22,26)(H,23,28). The summed E-state index contributed by atoms with van der Waals surface area (Å²) in [5, 5.41) is 16.8. The van der Waals surface area contributed by atoms with E-state index in [0.717, 1.165) is 18.4 Å². The number of phenols is 1. The molecule has 3 atom stereocenters. The highest BCUT2D eigenvalue weighted by molar-refractivity contribution is 5.92. The third-order valence-electron chi connectivity index (χ3n) is 4.93. The monoisotopic (exact) mass is 404 g/mol. The van der Waals surface area contributed by atoms with Crippen LogP contribution in [-0.4, -0.2) is 52.5 Å². The molecule has 8 nitrogen and oxygen atoms in total. The molecule has 1 saturated heterocycles. The smallest absolute Gasteiger partial charge is 0.259 e. The van der Waals surface area contributed by atoms with E-state index in [1.165, 1.54) is 6.92 Å². The maximum atomic E-state index is 13.2. The van der Waals surface area contributed by atoms with Gasteiger partial charge in [0.15, 0.2) is 0 Å². The fourth-order valence-corrected chi connectivity index (χ4v) is 3.45. The molecular formula is C21H32N4O4. The van der Waals surface area contributed by atoms with Crippen molar-refractivity contribution in [2.24, 2.45) is 5.92 Å². The van der Waals surface area contributed by atoms with Crippen LogP contribution in [0.1, 0.15) is 46.1 Å². The molecule has 3 unspecified atom stereocenters. The Bertz CT molecular complexity index is 737. The zero-order valence-electron chi connectivity index (χ0n) is 17.6. The Morgan fingerprint density at radius 1 is 1.28 bits per heavy atom. The highest BCUT2D eigenvalue weighted by Gasteiger charge is 2.32. The second-order valence-corrected chi connectivity index (χ2v) is 8.02. The quantitative estimate of drug-likeness (QED) is 0.544. The van der Waals surface area contributed by atoms with E-state index >= 15 is 0 Å². The molecule has 0 saturated carbocycles. The highest BCUT2D eigenvalue weighted by Crippen LogP contribution is 2.15. The van der Waals surface area contributed by atoms with Crippen molar-refractivity contribution in [3.8, 4) is 5.75 Å². The predicted molar refractivity (Wildman–Crippen MR) is 110 cm³/mol. The number of benzene rings is 1. The lowest BCUT2D eigenvalue weighted by atomic mass is 10.0. The second-order valence-electron chi connectivity index (χ2n) is 8.02. The van der Waals surface area contributed by atoms with E-state index < -0.39 is 18.0 Å². The van der Waals surface area contributed by atoms with Crippen LogP contribution in [0.5, 0.6) is 5.75 Å². The van der Waals surface area contributed by atoms with Crippen LogP contribution in [-0.2, 0) is 20.8 Å². The normalized spacial score (nSPS) is 18.8. The Morgan fingerprint density at radius 2 is 2.00 bits per heavy atom. The van der Waals surface area contributed by atoms with E-state index in [-0.39, 0.29) is 35.9 Å². The van der Waals surface area contributed by atoms with Gasteiger partial charge in [-0.1, -0.05) is 26.0 Å². The van der Waals surface area contributed by atoms with E-state index in [1.807, 2.05) is 20.8 Å². The van der Waals surface area contributed by atoms with Crippen LogP contribution in [0.15, 0.2) is 24.3 Å². The molecule has 2 rings (SSSR count). The SMILES string of the molecule is CC(=O)NC(C(=O)NC(Cc1cccc(O)c1)C(=O)N1CCCC(C)N1)C(C)C. The summed E-state index contributed by atoms with van der Waals surface area (Å²) < 4.78 is 0. The maximum absolute atomic E-state index is 13.2. The van der Waals surface area contributed by atoms with E-state index in [1.54, 1.807) is 29.3 Å². The molecule has 0 spiro atoms. The van der Waals surface area contributed by atoms with Gasteiger partial charge in [-0.05, 0) is 43.4 Å². The van der Waals surface area contributed by atoms with Gasteiger partial charge < -0.3 is 15.7 Å². The molecule has 0 aromatic heterocycles. The van der Waals surface area contributed by atoms with Gasteiger partial charge >= 0.3 is 0 Å². The first-order chi connectivity index (χ1) is 13.7. The molecule has 29 heavy (non-hydrogen) atoms. The zero-order valence-corrected chi connectivity index (χ0v) is 17.6. The zero-order chi connectivity index (χ0) is 21.6. The van der Waals surface area contributed by atoms with Gasteiger partial charge in [-0.3, -0.25) is 19.4 Å². The Kier molecular flexibility index (Phi) is 8.01. The summed E-state index contributed by atoms with van der Waals surface area (Å²) in [6.07, 6.45) is 2.09. The first-order valence-corrected chi connectivity index (χ1v) is 10.1. The van der Waals surface area contributed by atoms with Crippen LogP contribution in [0.25, 0.3) is 0 Å². The van der Waals surface area contributed by atoms with Gasteiger partial charge in [-0.15, -0.1) is 0 Å². The van der Waals surface area contributed by atoms with E-state index in [2.05, 4.69) is 16.1 Å². The molecule has 160 valence electrons. The molecule has 3 amide bonds. The Balaban J connectivity index is 2.21. The Hall–Kier alpha value is -2.61. The molecule has 4 N–H and O–H groups in total. The van der Waals surface area contributed by atoms with Crippen molar-refractivity contribution in [3.63, 3.8) is 0 Å². The molecule has 8 heteroatoms. The minimum atomic E-state index is -0.822. The molecule has 0 radical (unpaired) electrons. The van der Waals surface area contributed by atoms with Crippen molar-refractivity contribution in [1.29, 1.82) is 0 Å². The molecule has 1 heterocycles. The number of hydrogen-bond donors (Lipinski definition) is 4. The van der Waals surface area contributed by atoms with Gasteiger partial charge in [0.2, 0.25) is 11.8 Å². The van der Waals surface area contributed by atoms with Gasteiger partial charge in [0.05, 0.1) is 0 Å². The van der Waals surface area contributed by atoms with Gasteiger partial charge in [0, 0.05) is 25.9 Å². The number of hydrazine groups is 1. The van der Waals surface area contributed by atoms with Gasteiger partial charge in [-0.2, -0.15) is 0 Å². The lowest BCUT2D eigenvalue weighted by molar-refractivity contribution is -0.141. The number of aromatic hydroxyl groups is 1. The third-order valence-corrected chi connectivity index (χ3v) is 4.93. The molecule has 1 fully saturated rings. The summed E-state index contributed by atoms with van der Waals surface area (Å²) in [6, 6.07) is 5.24. The van der Waals surface area contributed by atoms with Crippen molar-refractivity contribution in [1.82, 2.24) is 21.1 Å². The molecule has 0 bridgehead atoms. The fourth-order valence-electron chi connectivity index (χ4n) is 3.45. The van der Waals surface area contributed by atoms with E-state index in [9.17, 15) is 19.5 Å². The lowest BCUT2D eigenvalue weighted by Gasteiger charge is -2.35. The first kappa shape index (κ1) is 22.7. The number of nitrogens with one attached hydrogen (secondary N) is 3. The van der Waals surface area contributed by atoms with Crippen LogP contribution >= 0.6 is 0 Å². The second kappa shape index (κ2) is 10.2. The van der Waals surface area contributed by atoms with Crippen molar-refractivity contribution < 1.29 is 19.5 Å². The molecule has 1 aliphatic rings. The number of carbonyl (C=O) groups excluding carboxylic acids is 3. The fraction of sp³-hybridized carbons (Fsp3) is 0.571.